The molecule has 74 valence electrons. The molecule has 13 heavy (non-hydrogen) atoms. The fourth-order valence-electron chi connectivity index (χ4n) is 1.63. The highest BCUT2D eigenvalue weighted by Gasteiger charge is 2.23. The van der Waals surface area contributed by atoms with Crippen LogP contribution in [0.2, 0.25) is 0 Å². The van der Waals surface area contributed by atoms with Gasteiger partial charge in [-0.25, -0.2) is 4.39 Å². The van der Waals surface area contributed by atoms with Crippen molar-refractivity contribution in [3.63, 3.8) is 0 Å². The number of halogens is 1. The van der Waals surface area contributed by atoms with Gasteiger partial charge >= 0.3 is 0 Å². The summed E-state index contributed by atoms with van der Waals surface area (Å²) in [7, 11) is 0. The normalized spacial score (nSPS) is 18.6. The van der Waals surface area contributed by atoms with Gasteiger partial charge in [-0.05, 0) is 38.2 Å². The number of hydrogen-bond donors (Lipinski definition) is 0. The van der Waals surface area contributed by atoms with Gasteiger partial charge in [-0.3, -0.25) is 0 Å². The van der Waals surface area contributed by atoms with Crippen LogP contribution in [0.25, 0.3) is 0 Å². The van der Waals surface area contributed by atoms with Gasteiger partial charge in [0.1, 0.15) is 5.67 Å². The van der Waals surface area contributed by atoms with Crippen molar-refractivity contribution in [2.24, 2.45) is 5.92 Å². The molecule has 0 atom stereocenters. The van der Waals surface area contributed by atoms with Gasteiger partial charge in [0.05, 0.1) is 0 Å². The number of hydrogen-bond acceptors (Lipinski definition) is 0. The molecule has 0 aliphatic heterocycles. The topological polar surface area (TPSA) is 0 Å². The van der Waals surface area contributed by atoms with Gasteiger partial charge < -0.3 is 0 Å². The Morgan fingerprint density at radius 2 is 1.85 bits per heavy atom. The lowest BCUT2D eigenvalue weighted by molar-refractivity contribution is 0.260. The molecule has 0 bridgehead atoms. The molecule has 0 radical (unpaired) electrons. The van der Waals surface area contributed by atoms with Gasteiger partial charge in [-0.15, -0.1) is 0 Å². The van der Waals surface area contributed by atoms with Crippen molar-refractivity contribution in [3.8, 4) is 0 Å². The van der Waals surface area contributed by atoms with Crippen LogP contribution < -0.4 is 0 Å². The first-order valence-electron chi connectivity index (χ1n) is 5.00. The number of rotatable bonds is 2. The zero-order valence-electron chi connectivity index (χ0n) is 9.02. The Kier molecular flexibility index (Phi) is 2.94. The fraction of sp³-hybridized carbons (Fsp3) is 0.667. The van der Waals surface area contributed by atoms with Crippen LogP contribution in [0, 0.1) is 5.92 Å². The van der Waals surface area contributed by atoms with Crippen molar-refractivity contribution in [2.75, 3.05) is 0 Å². The van der Waals surface area contributed by atoms with Gasteiger partial charge in [0.15, 0.2) is 0 Å². The van der Waals surface area contributed by atoms with Crippen molar-refractivity contribution in [3.05, 3.63) is 23.3 Å². The Morgan fingerprint density at radius 1 is 1.23 bits per heavy atom. The van der Waals surface area contributed by atoms with Crippen LogP contribution in [-0.2, 0) is 0 Å². The van der Waals surface area contributed by atoms with Crippen molar-refractivity contribution in [1.82, 2.24) is 0 Å². The highest BCUT2D eigenvalue weighted by Crippen LogP contribution is 2.31. The second kappa shape index (κ2) is 3.65. The first-order chi connectivity index (χ1) is 5.91. The molecule has 1 aliphatic carbocycles. The molecule has 0 fully saturated rings. The highest BCUT2D eigenvalue weighted by atomic mass is 19.1. The Hall–Kier alpha value is -0.590. The molecule has 0 aromatic heterocycles. The SMILES string of the molecule is CC(C)C1=CC=C(C(C)(C)F)CC1. The van der Waals surface area contributed by atoms with Gasteiger partial charge in [0.25, 0.3) is 0 Å². The zero-order valence-corrected chi connectivity index (χ0v) is 9.02. The van der Waals surface area contributed by atoms with Crippen molar-refractivity contribution >= 4 is 0 Å². The Morgan fingerprint density at radius 3 is 2.15 bits per heavy atom. The lowest BCUT2D eigenvalue weighted by Crippen LogP contribution is -2.17. The molecule has 0 spiro atoms. The van der Waals surface area contributed by atoms with Crippen LogP contribution >= 0.6 is 0 Å². The minimum atomic E-state index is -1.14. The van der Waals surface area contributed by atoms with Gasteiger partial charge in [0.2, 0.25) is 0 Å². The molecular weight excluding hydrogens is 163 g/mol. The fourth-order valence-corrected chi connectivity index (χ4v) is 1.63. The molecule has 0 saturated carbocycles. The summed E-state index contributed by atoms with van der Waals surface area (Å²) in [4.78, 5) is 0. The molecule has 1 aliphatic rings. The van der Waals surface area contributed by atoms with E-state index in [9.17, 15) is 4.39 Å². The average molecular weight is 182 g/mol. The molecule has 1 rings (SSSR count). The monoisotopic (exact) mass is 182 g/mol. The van der Waals surface area contributed by atoms with E-state index < -0.39 is 5.67 Å². The largest absolute Gasteiger partial charge is 0.240 e. The summed E-state index contributed by atoms with van der Waals surface area (Å²) in [5, 5.41) is 0. The summed E-state index contributed by atoms with van der Waals surface area (Å²) in [5.74, 6) is 0.598. The smallest absolute Gasteiger partial charge is 0.126 e. The summed E-state index contributed by atoms with van der Waals surface area (Å²) in [6.45, 7) is 7.64. The molecule has 0 saturated heterocycles. The predicted molar refractivity (Wildman–Crippen MR) is 55.4 cm³/mol. The van der Waals surface area contributed by atoms with Crippen LogP contribution in [-0.4, -0.2) is 5.67 Å². The third-order valence-electron chi connectivity index (χ3n) is 2.69. The van der Waals surface area contributed by atoms with E-state index in [4.69, 9.17) is 0 Å². The van der Waals surface area contributed by atoms with Crippen LogP contribution in [0.5, 0.6) is 0 Å². The molecule has 0 nitrogen and oxygen atoms in total. The van der Waals surface area contributed by atoms with Gasteiger partial charge in [-0.2, -0.15) is 0 Å². The Labute approximate surface area is 80.5 Å². The summed E-state index contributed by atoms with van der Waals surface area (Å²) in [6, 6.07) is 0. The molecule has 0 aromatic rings. The Balaban J connectivity index is 2.77. The maximum Gasteiger partial charge on any atom is 0.126 e. The Bertz CT molecular complexity index is 238. The first kappa shape index (κ1) is 10.5. The second-order valence-electron chi connectivity index (χ2n) is 4.56. The molecule has 1 heteroatoms. The third kappa shape index (κ3) is 2.68. The third-order valence-corrected chi connectivity index (χ3v) is 2.69. The van der Waals surface area contributed by atoms with Crippen LogP contribution in [0.4, 0.5) is 4.39 Å². The molecule has 0 amide bonds. The number of allylic oxidation sites excluding steroid dienone is 4. The van der Waals surface area contributed by atoms with Crippen LogP contribution in [0.15, 0.2) is 23.3 Å². The molecule has 0 aromatic carbocycles. The summed E-state index contributed by atoms with van der Waals surface area (Å²) >= 11 is 0. The quantitative estimate of drug-likeness (QED) is 0.604. The molecular formula is C12H19F. The second-order valence-corrected chi connectivity index (χ2v) is 4.56. The molecule has 0 N–H and O–H groups in total. The van der Waals surface area contributed by atoms with Crippen LogP contribution in [0.3, 0.4) is 0 Å². The van der Waals surface area contributed by atoms with E-state index in [-0.39, 0.29) is 0 Å². The number of alkyl halides is 1. The van der Waals surface area contributed by atoms with Crippen molar-refractivity contribution in [1.29, 1.82) is 0 Å². The van der Waals surface area contributed by atoms with E-state index in [2.05, 4.69) is 19.9 Å². The zero-order chi connectivity index (χ0) is 10.1. The lowest BCUT2D eigenvalue weighted by atomic mass is 9.86. The minimum Gasteiger partial charge on any atom is -0.240 e. The minimum absolute atomic E-state index is 0.598. The van der Waals surface area contributed by atoms with E-state index >= 15 is 0 Å². The average Bonchev–Trinajstić information content (AvgIpc) is 2.03. The maximum atomic E-state index is 13.5. The van der Waals surface area contributed by atoms with E-state index in [1.54, 1.807) is 13.8 Å². The summed E-state index contributed by atoms with van der Waals surface area (Å²) in [5.41, 5.74) is 1.23. The summed E-state index contributed by atoms with van der Waals surface area (Å²) < 4.78 is 13.5. The standard InChI is InChI=1S/C12H19F/c1-9(2)10-5-7-11(8-6-10)12(3,4)13/h5,7,9H,6,8H2,1-4H3. The maximum absolute atomic E-state index is 13.5. The first-order valence-corrected chi connectivity index (χ1v) is 5.00. The van der Waals surface area contributed by atoms with E-state index in [0.29, 0.717) is 5.92 Å². The lowest BCUT2D eigenvalue weighted by Gasteiger charge is -2.23. The summed E-state index contributed by atoms with van der Waals surface area (Å²) in [6.07, 6.45) is 5.95. The highest BCUT2D eigenvalue weighted by molar-refractivity contribution is 5.29. The van der Waals surface area contributed by atoms with Gasteiger partial charge in [-0.1, -0.05) is 31.6 Å². The van der Waals surface area contributed by atoms with Crippen molar-refractivity contribution < 1.29 is 4.39 Å². The predicted octanol–water partition coefficient (Wildman–Crippen LogP) is 4.04. The van der Waals surface area contributed by atoms with E-state index in [1.165, 1.54) is 5.57 Å². The van der Waals surface area contributed by atoms with Crippen LogP contribution in [0.1, 0.15) is 40.5 Å². The molecule has 0 heterocycles. The van der Waals surface area contributed by atoms with Crippen molar-refractivity contribution in [2.45, 2.75) is 46.2 Å². The molecule has 0 unspecified atom stereocenters. The van der Waals surface area contributed by atoms with Gasteiger partial charge in [0, 0.05) is 0 Å². The van der Waals surface area contributed by atoms with E-state index in [1.807, 2.05) is 6.08 Å². The van der Waals surface area contributed by atoms with E-state index in [0.717, 1.165) is 18.4 Å².